The van der Waals surface area contributed by atoms with Crippen molar-refractivity contribution < 1.29 is 9.90 Å². The zero-order chi connectivity index (χ0) is 18.4. The summed E-state index contributed by atoms with van der Waals surface area (Å²) in [5.74, 6) is -0.309. The first-order valence-electron chi connectivity index (χ1n) is 7.34. The van der Waals surface area contributed by atoms with E-state index in [0.29, 0.717) is 20.5 Å². The summed E-state index contributed by atoms with van der Waals surface area (Å²) in [5.41, 5.74) is 1.60. The maximum Gasteiger partial charge on any atom is 0.345 e. The molecule has 2 heterocycles. The van der Waals surface area contributed by atoms with Gasteiger partial charge in [0.2, 0.25) is 0 Å². The summed E-state index contributed by atoms with van der Waals surface area (Å²) in [6.07, 6.45) is 0. The molecule has 4 rings (SSSR count). The SMILES string of the molecule is O=C(O)c1cc2ccc(-n3c(-c4ccc(Br)c(Cl)c4)n[nH]c3=S)cc2s1. The second kappa shape index (κ2) is 6.62. The summed E-state index contributed by atoms with van der Waals surface area (Å²) in [6.45, 7) is 0. The lowest BCUT2D eigenvalue weighted by atomic mass is 10.2. The van der Waals surface area contributed by atoms with E-state index in [-0.39, 0.29) is 0 Å². The third-order valence-corrected chi connectivity index (χ3v) is 6.41. The van der Waals surface area contributed by atoms with Gasteiger partial charge < -0.3 is 5.11 Å². The van der Waals surface area contributed by atoms with Crippen molar-refractivity contribution in [3.63, 3.8) is 0 Å². The quantitative estimate of drug-likeness (QED) is 0.367. The summed E-state index contributed by atoms with van der Waals surface area (Å²) in [5, 5.41) is 17.8. The zero-order valence-electron chi connectivity index (χ0n) is 12.9. The lowest BCUT2D eigenvalue weighted by Gasteiger charge is -2.08. The van der Waals surface area contributed by atoms with Crippen molar-refractivity contribution in [2.45, 2.75) is 0 Å². The van der Waals surface area contributed by atoms with Crippen LogP contribution in [0.25, 0.3) is 27.2 Å². The second-order valence-corrected chi connectivity index (χ2v) is 8.19. The third-order valence-electron chi connectivity index (χ3n) is 3.82. The Kier molecular flexibility index (Phi) is 4.44. The molecule has 130 valence electrons. The van der Waals surface area contributed by atoms with Gasteiger partial charge in [-0.15, -0.1) is 11.3 Å². The number of hydrogen-bond donors (Lipinski definition) is 2. The molecule has 0 fully saturated rings. The first kappa shape index (κ1) is 17.4. The van der Waals surface area contributed by atoms with E-state index in [2.05, 4.69) is 26.1 Å². The Hall–Kier alpha value is -2.00. The zero-order valence-corrected chi connectivity index (χ0v) is 16.8. The molecule has 2 aromatic heterocycles. The van der Waals surface area contributed by atoms with Gasteiger partial charge in [0, 0.05) is 14.7 Å². The summed E-state index contributed by atoms with van der Waals surface area (Å²) < 4.78 is 3.90. The van der Waals surface area contributed by atoms with Crippen LogP contribution in [0, 0.1) is 4.77 Å². The lowest BCUT2D eigenvalue weighted by molar-refractivity contribution is 0.0702. The van der Waals surface area contributed by atoms with Gasteiger partial charge in [0.1, 0.15) is 4.88 Å². The Labute approximate surface area is 170 Å². The predicted octanol–water partition coefficient (Wildman–Crippen LogP) is 5.93. The molecule has 9 heteroatoms. The number of aromatic nitrogens is 3. The fourth-order valence-corrected chi connectivity index (χ4v) is 4.23. The average Bonchev–Trinajstić information content (AvgIpc) is 3.20. The lowest BCUT2D eigenvalue weighted by Crippen LogP contribution is -1.97. The Morgan fingerprint density at radius 3 is 2.81 bits per heavy atom. The summed E-state index contributed by atoms with van der Waals surface area (Å²) in [4.78, 5) is 11.5. The van der Waals surface area contributed by atoms with Crippen LogP contribution >= 0.6 is 51.1 Å². The molecule has 5 nitrogen and oxygen atoms in total. The summed E-state index contributed by atoms with van der Waals surface area (Å²) >= 11 is 16.2. The van der Waals surface area contributed by atoms with Gasteiger partial charge in [-0.25, -0.2) is 4.79 Å². The number of aromatic amines is 1. The fraction of sp³-hybridized carbons (Fsp3) is 0. The van der Waals surface area contributed by atoms with Crippen LogP contribution in [-0.4, -0.2) is 25.8 Å². The molecule has 0 atom stereocenters. The van der Waals surface area contributed by atoms with Crippen molar-refractivity contribution in [1.82, 2.24) is 14.8 Å². The van der Waals surface area contributed by atoms with Gasteiger partial charge in [-0.1, -0.05) is 17.7 Å². The number of benzene rings is 2. The molecule has 0 radical (unpaired) electrons. The molecule has 0 bridgehead atoms. The van der Waals surface area contributed by atoms with Crippen molar-refractivity contribution in [2.75, 3.05) is 0 Å². The van der Waals surface area contributed by atoms with E-state index in [1.165, 1.54) is 11.3 Å². The minimum atomic E-state index is -0.933. The topological polar surface area (TPSA) is 70.9 Å². The van der Waals surface area contributed by atoms with Crippen LogP contribution in [0.1, 0.15) is 9.67 Å². The molecule has 0 aliphatic heterocycles. The second-order valence-electron chi connectivity index (χ2n) is 5.45. The molecule has 4 aromatic rings. The van der Waals surface area contributed by atoms with Crippen molar-refractivity contribution in [1.29, 1.82) is 0 Å². The van der Waals surface area contributed by atoms with E-state index in [4.69, 9.17) is 23.8 Å². The number of aromatic carboxylic acids is 1. The van der Waals surface area contributed by atoms with Crippen LogP contribution in [0.4, 0.5) is 0 Å². The molecule has 0 aliphatic rings. The average molecular weight is 467 g/mol. The number of carboxylic acid groups (broad SMARTS) is 1. The van der Waals surface area contributed by atoms with Crippen LogP contribution in [0.5, 0.6) is 0 Å². The van der Waals surface area contributed by atoms with E-state index in [1.54, 1.807) is 16.7 Å². The highest BCUT2D eigenvalue weighted by Crippen LogP contribution is 2.31. The molecular weight excluding hydrogens is 458 g/mol. The molecule has 0 unspecified atom stereocenters. The minimum Gasteiger partial charge on any atom is -0.477 e. The monoisotopic (exact) mass is 465 g/mol. The Morgan fingerprint density at radius 1 is 1.27 bits per heavy atom. The van der Waals surface area contributed by atoms with Crippen LogP contribution < -0.4 is 0 Å². The van der Waals surface area contributed by atoms with E-state index in [9.17, 15) is 9.90 Å². The third kappa shape index (κ3) is 2.99. The van der Waals surface area contributed by atoms with Gasteiger partial charge in [0.25, 0.3) is 0 Å². The van der Waals surface area contributed by atoms with E-state index >= 15 is 0 Å². The van der Waals surface area contributed by atoms with Crippen molar-refractivity contribution in [3.05, 3.63) is 61.6 Å². The number of hydrogen-bond acceptors (Lipinski definition) is 4. The Balaban J connectivity index is 1.89. The van der Waals surface area contributed by atoms with Crippen LogP contribution in [0.2, 0.25) is 5.02 Å². The van der Waals surface area contributed by atoms with Crippen molar-refractivity contribution >= 4 is 67.1 Å². The smallest absolute Gasteiger partial charge is 0.345 e. The van der Waals surface area contributed by atoms with Gasteiger partial charge in [-0.05, 0) is 69.9 Å². The number of carbonyl (C=O) groups is 1. The van der Waals surface area contributed by atoms with E-state index in [1.807, 2.05) is 30.3 Å². The van der Waals surface area contributed by atoms with Gasteiger partial charge in [-0.3, -0.25) is 9.67 Å². The highest BCUT2D eigenvalue weighted by atomic mass is 79.9. The fourth-order valence-electron chi connectivity index (χ4n) is 2.63. The number of rotatable bonds is 3. The predicted molar refractivity (Wildman–Crippen MR) is 109 cm³/mol. The molecule has 2 aromatic carbocycles. The number of fused-ring (bicyclic) bond motifs is 1. The molecule has 0 aliphatic carbocycles. The molecule has 2 N–H and O–H groups in total. The van der Waals surface area contributed by atoms with Crippen LogP contribution in [0.3, 0.4) is 0 Å². The number of carboxylic acids is 1. The number of H-pyrrole nitrogens is 1. The number of halogens is 2. The number of nitrogens with one attached hydrogen (secondary N) is 1. The maximum atomic E-state index is 11.2. The van der Waals surface area contributed by atoms with Crippen LogP contribution in [0.15, 0.2) is 46.9 Å². The highest BCUT2D eigenvalue weighted by Gasteiger charge is 2.14. The number of thiophene rings is 1. The van der Waals surface area contributed by atoms with Gasteiger partial charge in [0.05, 0.1) is 10.7 Å². The molecule has 26 heavy (non-hydrogen) atoms. The van der Waals surface area contributed by atoms with Gasteiger partial charge in [-0.2, -0.15) is 5.10 Å². The molecule has 0 amide bonds. The Morgan fingerprint density at radius 2 is 2.08 bits per heavy atom. The maximum absolute atomic E-state index is 11.2. The van der Waals surface area contributed by atoms with E-state index < -0.39 is 5.97 Å². The largest absolute Gasteiger partial charge is 0.477 e. The van der Waals surface area contributed by atoms with Crippen molar-refractivity contribution in [3.8, 4) is 17.1 Å². The van der Waals surface area contributed by atoms with Crippen LogP contribution in [-0.2, 0) is 0 Å². The minimum absolute atomic E-state index is 0.299. The molecule has 0 saturated carbocycles. The Bertz CT molecular complexity index is 1230. The van der Waals surface area contributed by atoms with Crippen molar-refractivity contribution in [2.24, 2.45) is 0 Å². The molecule has 0 saturated heterocycles. The molecular formula is C17H9BrClN3O2S2. The van der Waals surface area contributed by atoms with Gasteiger partial charge in [0.15, 0.2) is 10.6 Å². The molecule has 0 spiro atoms. The first-order chi connectivity index (χ1) is 12.4. The highest BCUT2D eigenvalue weighted by molar-refractivity contribution is 9.10. The standard InChI is InChI=1S/C17H9BrClN3O2S2/c18-11-4-2-9(5-12(11)19)15-20-21-17(25)22(15)10-3-1-8-6-14(16(23)24)26-13(8)7-10/h1-7H,(H,21,25)(H,23,24). The van der Waals surface area contributed by atoms with E-state index in [0.717, 1.165) is 25.8 Å². The normalized spacial score (nSPS) is 11.2. The number of nitrogens with zero attached hydrogens (tertiary/aromatic N) is 2. The summed E-state index contributed by atoms with van der Waals surface area (Å²) in [7, 11) is 0. The van der Waals surface area contributed by atoms with Gasteiger partial charge >= 0.3 is 5.97 Å². The first-order valence-corrected chi connectivity index (χ1v) is 9.74. The summed E-state index contributed by atoms with van der Waals surface area (Å²) in [6, 6.07) is 12.9.